The van der Waals surface area contributed by atoms with Crippen LogP contribution in [-0.4, -0.2) is 18.1 Å². The van der Waals surface area contributed by atoms with E-state index in [1.165, 1.54) is 0 Å². The Morgan fingerprint density at radius 2 is 1.82 bits per heavy atom. The summed E-state index contributed by atoms with van der Waals surface area (Å²) in [4.78, 5) is 5.63. The monoisotopic (exact) mass is 241 g/mol. The van der Waals surface area contributed by atoms with Crippen molar-refractivity contribution < 1.29 is 8.78 Å². The zero-order valence-electron chi connectivity index (χ0n) is 10.1. The van der Waals surface area contributed by atoms with Crippen molar-refractivity contribution in [3.63, 3.8) is 0 Å². The molecule has 2 heterocycles. The minimum absolute atomic E-state index is 0.166. The van der Waals surface area contributed by atoms with Crippen LogP contribution in [0.15, 0.2) is 6.07 Å². The number of halogens is 2. The summed E-state index contributed by atoms with van der Waals surface area (Å²) in [5.41, 5.74) is 5.65. The first kappa shape index (κ1) is 12.1. The molecule has 0 saturated carbocycles. The summed E-state index contributed by atoms with van der Waals surface area (Å²) >= 11 is 0. The molecule has 94 valence electrons. The van der Waals surface area contributed by atoms with E-state index in [2.05, 4.69) is 18.8 Å². The van der Waals surface area contributed by atoms with Crippen molar-refractivity contribution in [3.05, 3.63) is 17.7 Å². The molecular weight excluding hydrogens is 224 g/mol. The van der Waals surface area contributed by atoms with Gasteiger partial charge in [0.1, 0.15) is 0 Å². The molecule has 0 unspecified atom stereocenters. The van der Waals surface area contributed by atoms with Crippen molar-refractivity contribution in [3.8, 4) is 0 Å². The third-order valence-electron chi connectivity index (χ3n) is 3.35. The van der Waals surface area contributed by atoms with Gasteiger partial charge in [-0.3, -0.25) is 0 Å². The summed E-state index contributed by atoms with van der Waals surface area (Å²) in [6.07, 6.45) is 1.93. The van der Waals surface area contributed by atoms with Gasteiger partial charge in [-0.15, -0.1) is 0 Å². The van der Waals surface area contributed by atoms with Crippen molar-refractivity contribution in [1.82, 2.24) is 4.98 Å². The Morgan fingerprint density at radius 1 is 1.24 bits per heavy atom. The molecule has 2 rings (SSSR count). The van der Waals surface area contributed by atoms with Crippen molar-refractivity contribution in [2.75, 3.05) is 23.7 Å². The second kappa shape index (κ2) is 4.13. The standard InChI is InChI=1S/C12H17F2N3/c1-12(2)3-5-17(6-4-12)11-9(14)7-8(13)10(15)16-11/h7H,3-6H2,1-2H3,(H2,15,16). The fraction of sp³-hybridized carbons (Fsp3) is 0.583. The lowest BCUT2D eigenvalue weighted by Gasteiger charge is -2.37. The molecular formula is C12H17F2N3. The topological polar surface area (TPSA) is 42.2 Å². The third kappa shape index (κ3) is 2.48. The Hall–Kier alpha value is -1.39. The van der Waals surface area contributed by atoms with Crippen LogP contribution in [-0.2, 0) is 0 Å². The van der Waals surface area contributed by atoms with E-state index in [0.29, 0.717) is 0 Å². The number of pyridine rings is 1. The van der Waals surface area contributed by atoms with Crippen LogP contribution in [0.25, 0.3) is 0 Å². The molecule has 1 aromatic rings. The van der Waals surface area contributed by atoms with Gasteiger partial charge in [0.15, 0.2) is 23.3 Å². The summed E-state index contributed by atoms with van der Waals surface area (Å²) in [6.45, 7) is 5.82. The maximum absolute atomic E-state index is 13.6. The molecule has 3 nitrogen and oxygen atoms in total. The van der Waals surface area contributed by atoms with Crippen molar-refractivity contribution in [2.24, 2.45) is 5.41 Å². The molecule has 0 aromatic carbocycles. The first-order chi connectivity index (χ1) is 7.89. The average molecular weight is 241 g/mol. The SMILES string of the molecule is CC1(C)CCN(c2nc(N)c(F)cc2F)CC1. The molecule has 0 spiro atoms. The Balaban J connectivity index is 2.21. The molecule has 0 atom stereocenters. The predicted molar refractivity (Wildman–Crippen MR) is 63.8 cm³/mol. The summed E-state index contributed by atoms with van der Waals surface area (Å²) in [5, 5.41) is 0. The summed E-state index contributed by atoms with van der Waals surface area (Å²) in [6, 6.07) is 0.803. The van der Waals surface area contributed by atoms with Gasteiger partial charge < -0.3 is 10.6 Å². The summed E-state index contributed by atoms with van der Waals surface area (Å²) in [7, 11) is 0. The maximum atomic E-state index is 13.6. The van der Waals surface area contributed by atoms with Gasteiger partial charge in [0.25, 0.3) is 0 Å². The van der Waals surface area contributed by atoms with Gasteiger partial charge in [-0.1, -0.05) is 13.8 Å². The Labute approximate surface area is 99.6 Å². The number of nitrogen functional groups attached to an aromatic ring is 1. The predicted octanol–water partition coefficient (Wildman–Crippen LogP) is 2.57. The minimum Gasteiger partial charge on any atom is -0.381 e. The molecule has 0 aliphatic carbocycles. The highest BCUT2D eigenvalue weighted by molar-refractivity contribution is 5.47. The molecule has 17 heavy (non-hydrogen) atoms. The van der Waals surface area contributed by atoms with Crippen LogP contribution in [0.3, 0.4) is 0 Å². The summed E-state index contributed by atoms with van der Waals surface area (Å²) < 4.78 is 26.6. The number of hydrogen-bond donors (Lipinski definition) is 1. The number of anilines is 2. The zero-order chi connectivity index (χ0) is 12.6. The lowest BCUT2D eigenvalue weighted by molar-refractivity contribution is 0.278. The molecule has 1 aliphatic heterocycles. The van der Waals surface area contributed by atoms with Crippen molar-refractivity contribution in [2.45, 2.75) is 26.7 Å². The van der Waals surface area contributed by atoms with E-state index >= 15 is 0 Å². The quantitative estimate of drug-likeness (QED) is 0.821. The molecule has 2 N–H and O–H groups in total. The largest absolute Gasteiger partial charge is 0.381 e. The Bertz CT molecular complexity index is 422. The number of nitrogens with two attached hydrogens (primary N) is 1. The first-order valence-corrected chi connectivity index (χ1v) is 5.75. The number of piperidine rings is 1. The highest BCUT2D eigenvalue weighted by Gasteiger charge is 2.27. The normalized spacial score (nSPS) is 19.4. The third-order valence-corrected chi connectivity index (χ3v) is 3.35. The van der Waals surface area contributed by atoms with Gasteiger partial charge in [0, 0.05) is 19.2 Å². The van der Waals surface area contributed by atoms with Gasteiger partial charge in [-0.05, 0) is 18.3 Å². The second-order valence-electron chi connectivity index (χ2n) is 5.31. The van der Waals surface area contributed by atoms with Crippen molar-refractivity contribution in [1.29, 1.82) is 0 Å². The highest BCUT2D eigenvalue weighted by atomic mass is 19.1. The zero-order valence-corrected chi connectivity index (χ0v) is 10.1. The number of aromatic nitrogens is 1. The molecule has 1 saturated heterocycles. The number of rotatable bonds is 1. The minimum atomic E-state index is -0.802. The van der Waals surface area contributed by atoms with E-state index in [9.17, 15) is 8.78 Å². The van der Waals surface area contributed by atoms with Crippen molar-refractivity contribution >= 4 is 11.6 Å². The first-order valence-electron chi connectivity index (χ1n) is 5.75. The van der Waals surface area contributed by atoms with Crippen LogP contribution in [0, 0.1) is 17.0 Å². The van der Waals surface area contributed by atoms with Gasteiger partial charge in [0.2, 0.25) is 0 Å². The van der Waals surface area contributed by atoms with Crippen LogP contribution in [0.1, 0.15) is 26.7 Å². The second-order valence-corrected chi connectivity index (χ2v) is 5.31. The van der Waals surface area contributed by atoms with Gasteiger partial charge in [-0.2, -0.15) is 0 Å². The van der Waals surface area contributed by atoms with E-state index in [-0.39, 0.29) is 17.1 Å². The van der Waals surface area contributed by atoms with E-state index in [4.69, 9.17) is 5.73 Å². The highest BCUT2D eigenvalue weighted by Crippen LogP contribution is 2.32. The van der Waals surface area contributed by atoms with Crippen LogP contribution in [0.5, 0.6) is 0 Å². The van der Waals surface area contributed by atoms with Crippen LogP contribution in [0.2, 0.25) is 0 Å². The van der Waals surface area contributed by atoms with Crippen LogP contribution < -0.4 is 10.6 Å². The van der Waals surface area contributed by atoms with Crippen LogP contribution in [0.4, 0.5) is 20.4 Å². The van der Waals surface area contributed by atoms with Crippen LogP contribution >= 0.6 is 0 Å². The van der Waals surface area contributed by atoms with E-state index in [1.807, 2.05) is 4.90 Å². The molecule has 1 fully saturated rings. The van der Waals surface area contributed by atoms with Gasteiger partial charge in [-0.25, -0.2) is 13.8 Å². The molecule has 0 radical (unpaired) electrons. The Morgan fingerprint density at radius 3 is 2.41 bits per heavy atom. The van der Waals surface area contributed by atoms with E-state index in [1.54, 1.807) is 0 Å². The number of hydrogen-bond acceptors (Lipinski definition) is 3. The number of nitrogens with zero attached hydrogens (tertiary/aromatic N) is 2. The smallest absolute Gasteiger partial charge is 0.168 e. The molecule has 1 aliphatic rings. The fourth-order valence-electron chi connectivity index (χ4n) is 2.02. The molecule has 0 bridgehead atoms. The molecule has 1 aromatic heterocycles. The average Bonchev–Trinajstić information content (AvgIpc) is 2.24. The Kier molecular flexibility index (Phi) is 2.93. The fourth-order valence-corrected chi connectivity index (χ4v) is 2.02. The van der Waals surface area contributed by atoms with E-state index < -0.39 is 11.6 Å². The molecule has 0 amide bonds. The summed E-state index contributed by atoms with van der Waals surface area (Å²) in [5.74, 6) is -1.52. The van der Waals surface area contributed by atoms with Gasteiger partial charge >= 0.3 is 0 Å². The maximum Gasteiger partial charge on any atom is 0.168 e. The molecule has 5 heteroatoms. The lowest BCUT2D eigenvalue weighted by atomic mass is 9.83. The van der Waals surface area contributed by atoms with E-state index in [0.717, 1.165) is 32.0 Å². The van der Waals surface area contributed by atoms with Gasteiger partial charge in [0.05, 0.1) is 0 Å². The lowest BCUT2D eigenvalue weighted by Crippen LogP contribution is -2.38.